The number of aliphatic hydroxyl groups excluding tert-OH is 2. The van der Waals surface area contributed by atoms with Crippen molar-refractivity contribution < 1.29 is 15.3 Å². The van der Waals surface area contributed by atoms with E-state index in [9.17, 15) is 5.11 Å². The van der Waals surface area contributed by atoms with Crippen LogP contribution >= 0.6 is 0 Å². The Morgan fingerprint density at radius 3 is 2.14 bits per heavy atom. The maximum absolute atomic E-state index is 10.1. The van der Waals surface area contributed by atoms with Gasteiger partial charge in [-0.25, -0.2) is 0 Å². The van der Waals surface area contributed by atoms with Crippen LogP contribution in [0.5, 0.6) is 5.75 Å². The van der Waals surface area contributed by atoms with E-state index < -0.39 is 0 Å². The second-order valence-corrected chi connectivity index (χ2v) is 4.98. The van der Waals surface area contributed by atoms with Crippen LogP contribution in [0, 0.1) is 0 Å². The van der Waals surface area contributed by atoms with Crippen LogP contribution in [-0.2, 0) is 0 Å². The topological polar surface area (TPSA) is 116 Å². The lowest BCUT2D eigenvalue weighted by molar-refractivity contribution is 0.281. The molecule has 0 fully saturated rings. The summed E-state index contributed by atoms with van der Waals surface area (Å²) in [7, 11) is 0. The number of hydrogen-bond acceptors (Lipinski definition) is 6. The van der Waals surface area contributed by atoms with Crippen LogP contribution in [-0.4, -0.2) is 41.6 Å². The summed E-state index contributed by atoms with van der Waals surface area (Å²) in [6, 6.07) is 10.3. The molecule has 6 heteroatoms. The number of nitrogens with zero attached hydrogens (tertiary/aromatic N) is 1. The third-order valence-electron chi connectivity index (χ3n) is 3.45. The number of benzene rings is 2. The van der Waals surface area contributed by atoms with Gasteiger partial charge < -0.3 is 31.7 Å². The van der Waals surface area contributed by atoms with Gasteiger partial charge in [0.15, 0.2) is 0 Å². The van der Waals surface area contributed by atoms with Crippen LogP contribution in [0.15, 0.2) is 36.4 Å². The molecule has 0 saturated heterocycles. The number of phenols is 1. The fraction of sp³-hybridized carbons (Fsp3) is 0.250. The molecule has 0 aliphatic heterocycles. The maximum Gasteiger partial charge on any atom is 0.125 e. The molecule has 118 valence electrons. The Morgan fingerprint density at radius 1 is 0.864 bits per heavy atom. The molecule has 0 amide bonds. The Kier molecular flexibility index (Phi) is 5.08. The molecule has 2 aromatic carbocycles. The number of aliphatic hydroxyl groups is 2. The van der Waals surface area contributed by atoms with E-state index in [1.165, 1.54) is 6.07 Å². The molecule has 2 rings (SSSR count). The van der Waals surface area contributed by atoms with Gasteiger partial charge in [0.25, 0.3) is 0 Å². The van der Waals surface area contributed by atoms with E-state index in [1.807, 2.05) is 17.0 Å². The minimum Gasteiger partial charge on any atom is -0.507 e. The zero-order valence-corrected chi connectivity index (χ0v) is 12.2. The third-order valence-corrected chi connectivity index (χ3v) is 3.45. The van der Waals surface area contributed by atoms with Gasteiger partial charge in [0, 0.05) is 47.3 Å². The first kappa shape index (κ1) is 15.9. The minimum absolute atomic E-state index is 0.0210. The highest BCUT2D eigenvalue weighted by Gasteiger charge is 2.12. The Balaban J connectivity index is 2.45. The Bertz CT molecular complexity index is 641. The highest BCUT2D eigenvalue weighted by atomic mass is 16.3. The van der Waals surface area contributed by atoms with E-state index in [2.05, 4.69) is 0 Å². The molecule has 22 heavy (non-hydrogen) atoms. The van der Waals surface area contributed by atoms with Crippen LogP contribution in [0.3, 0.4) is 0 Å². The van der Waals surface area contributed by atoms with Gasteiger partial charge in [0.05, 0.1) is 13.2 Å². The molecule has 7 N–H and O–H groups in total. The molecule has 0 radical (unpaired) electrons. The van der Waals surface area contributed by atoms with Gasteiger partial charge in [-0.2, -0.15) is 0 Å². The number of rotatable bonds is 6. The minimum atomic E-state index is -0.0210. The molecule has 6 nitrogen and oxygen atoms in total. The van der Waals surface area contributed by atoms with Gasteiger partial charge in [-0.15, -0.1) is 0 Å². The van der Waals surface area contributed by atoms with Gasteiger partial charge in [-0.1, -0.05) is 0 Å². The maximum atomic E-state index is 10.1. The molecule has 0 aliphatic carbocycles. The number of anilines is 3. The van der Waals surface area contributed by atoms with Crippen molar-refractivity contribution in [2.75, 3.05) is 42.7 Å². The summed E-state index contributed by atoms with van der Waals surface area (Å²) >= 11 is 0. The second-order valence-electron chi connectivity index (χ2n) is 4.98. The van der Waals surface area contributed by atoms with Gasteiger partial charge in [0.2, 0.25) is 0 Å². The van der Waals surface area contributed by atoms with E-state index in [-0.39, 0.29) is 19.0 Å². The zero-order chi connectivity index (χ0) is 16.1. The van der Waals surface area contributed by atoms with E-state index in [4.69, 9.17) is 21.7 Å². The van der Waals surface area contributed by atoms with Crippen molar-refractivity contribution in [2.45, 2.75) is 0 Å². The smallest absolute Gasteiger partial charge is 0.125 e. The molecule has 0 aromatic heterocycles. The summed E-state index contributed by atoms with van der Waals surface area (Å²) in [5.74, 6) is 0.0553. The van der Waals surface area contributed by atoms with E-state index in [0.717, 1.165) is 5.69 Å². The Labute approximate surface area is 129 Å². The Morgan fingerprint density at radius 2 is 1.55 bits per heavy atom. The summed E-state index contributed by atoms with van der Waals surface area (Å²) in [4.78, 5) is 1.84. The number of aromatic hydroxyl groups is 1. The summed E-state index contributed by atoms with van der Waals surface area (Å²) in [6.07, 6.45) is 0. The molecule has 2 aromatic rings. The average Bonchev–Trinajstić information content (AvgIpc) is 2.48. The fourth-order valence-corrected chi connectivity index (χ4v) is 2.36. The third kappa shape index (κ3) is 3.41. The summed E-state index contributed by atoms with van der Waals surface area (Å²) in [6.45, 7) is 0.759. The van der Waals surface area contributed by atoms with Crippen molar-refractivity contribution in [1.82, 2.24) is 0 Å². The molecular weight excluding hydrogens is 282 g/mol. The van der Waals surface area contributed by atoms with Crippen molar-refractivity contribution in [3.8, 4) is 16.9 Å². The normalized spacial score (nSPS) is 10.6. The summed E-state index contributed by atoms with van der Waals surface area (Å²) in [5, 5.41) is 28.4. The van der Waals surface area contributed by atoms with Crippen molar-refractivity contribution in [2.24, 2.45) is 0 Å². The lowest BCUT2D eigenvalue weighted by Gasteiger charge is -2.24. The van der Waals surface area contributed by atoms with Gasteiger partial charge in [-0.05, 0) is 30.3 Å². The van der Waals surface area contributed by atoms with Crippen LogP contribution < -0.4 is 16.4 Å². The number of phenolic OH excluding ortho intramolecular Hbond substituents is 1. The predicted molar refractivity (Wildman–Crippen MR) is 88.8 cm³/mol. The molecule has 0 atom stereocenters. The largest absolute Gasteiger partial charge is 0.507 e. The second kappa shape index (κ2) is 7.02. The van der Waals surface area contributed by atoms with Gasteiger partial charge in [-0.3, -0.25) is 0 Å². The molecule has 0 bridgehead atoms. The monoisotopic (exact) mass is 303 g/mol. The van der Waals surface area contributed by atoms with E-state index in [1.54, 1.807) is 18.2 Å². The van der Waals surface area contributed by atoms with Crippen molar-refractivity contribution >= 4 is 17.1 Å². The first-order valence-electron chi connectivity index (χ1n) is 7.02. The fourth-order valence-electron chi connectivity index (χ4n) is 2.36. The van der Waals surface area contributed by atoms with Crippen LogP contribution in [0.2, 0.25) is 0 Å². The van der Waals surface area contributed by atoms with Gasteiger partial charge >= 0.3 is 0 Å². The molecular formula is C16H21N3O3. The first-order valence-corrected chi connectivity index (χ1v) is 7.02. The zero-order valence-electron chi connectivity index (χ0n) is 12.2. The Hall–Kier alpha value is -2.44. The number of nitrogens with two attached hydrogens (primary N) is 2. The van der Waals surface area contributed by atoms with Crippen LogP contribution in [0.4, 0.5) is 17.1 Å². The van der Waals surface area contributed by atoms with Crippen LogP contribution in [0.1, 0.15) is 0 Å². The standard InChI is InChI=1S/C16H21N3O3/c17-11-1-3-13(16(22)9-11)14-10-12(2-4-15(14)18)19(5-7-20)6-8-21/h1-4,9-10,20-22H,5-8,17-18H2. The van der Waals surface area contributed by atoms with Crippen molar-refractivity contribution in [1.29, 1.82) is 0 Å². The molecule has 0 spiro atoms. The number of hydrogen-bond donors (Lipinski definition) is 5. The van der Waals surface area contributed by atoms with E-state index in [0.29, 0.717) is 35.6 Å². The number of nitrogen functional groups attached to an aromatic ring is 2. The molecule has 0 unspecified atom stereocenters. The van der Waals surface area contributed by atoms with Gasteiger partial charge in [0.1, 0.15) is 5.75 Å². The van der Waals surface area contributed by atoms with E-state index >= 15 is 0 Å². The highest BCUT2D eigenvalue weighted by molar-refractivity contribution is 5.84. The predicted octanol–water partition coefficient (Wildman–Crippen LogP) is 1.01. The SMILES string of the molecule is Nc1ccc(-c2cc(N(CCO)CCO)ccc2N)c(O)c1. The first-order chi connectivity index (χ1) is 10.6. The highest BCUT2D eigenvalue weighted by Crippen LogP contribution is 2.36. The summed E-state index contributed by atoms with van der Waals surface area (Å²) in [5.41, 5.74) is 14.7. The molecule has 0 saturated carbocycles. The van der Waals surface area contributed by atoms with Crippen LogP contribution in [0.25, 0.3) is 11.1 Å². The lowest BCUT2D eigenvalue weighted by atomic mass is 10.0. The lowest BCUT2D eigenvalue weighted by Crippen LogP contribution is -2.29. The van der Waals surface area contributed by atoms with Crippen molar-refractivity contribution in [3.05, 3.63) is 36.4 Å². The average molecular weight is 303 g/mol. The molecule has 0 aliphatic rings. The molecule has 0 heterocycles. The summed E-state index contributed by atoms with van der Waals surface area (Å²) < 4.78 is 0. The van der Waals surface area contributed by atoms with Crippen molar-refractivity contribution in [3.63, 3.8) is 0 Å². The quantitative estimate of drug-likeness (QED) is 0.509.